The Morgan fingerprint density at radius 2 is 1.86 bits per heavy atom. The Morgan fingerprint density at radius 3 is 2.19 bits per heavy atom. The largest absolute Gasteiger partial charge is 0.462 e. The maximum atomic E-state index is 14.3. The molecule has 2 aliphatic rings. The number of aliphatic hydroxyl groups is 2. The average Bonchev–Trinajstić information content (AvgIpc) is 2.86. The zero-order chi connectivity index (χ0) is 16.3. The van der Waals surface area contributed by atoms with Crippen LogP contribution in [0.3, 0.4) is 0 Å². The molecule has 4 unspecified atom stereocenters. The van der Waals surface area contributed by atoms with Gasteiger partial charge in [0, 0.05) is 12.8 Å². The van der Waals surface area contributed by atoms with Gasteiger partial charge >= 0.3 is 23.9 Å². The molecule has 2 N–H and O–H groups in total. The summed E-state index contributed by atoms with van der Waals surface area (Å²) in [5, 5.41) is 19.5. The highest BCUT2D eigenvalue weighted by Gasteiger charge is 2.81. The Balaban J connectivity index is 2.48. The van der Waals surface area contributed by atoms with Crippen LogP contribution >= 0.6 is 0 Å². The van der Waals surface area contributed by atoms with Crippen LogP contribution in [0.1, 0.15) is 19.8 Å². The van der Waals surface area contributed by atoms with Crippen LogP contribution in [0.25, 0.3) is 0 Å². The van der Waals surface area contributed by atoms with E-state index in [1.165, 1.54) is 12.2 Å². The molecule has 0 heterocycles. The Kier molecular flexibility index (Phi) is 3.38. The van der Waals surface area contributed by atoms with Gasteiger partial charge in [0.2, 0.25) is 0 Å². The van der Waals surface area contributed by atoms with E-state index in [2.05, 4.69) is 4.74 Å². The minimum atomic E-state index is -5.97. The quantitative estimate of drug-likeness (QED) is 0.360. The molecule has 4 atom stereocenters. The molecule has 0 spiro atoms. The number of hydrogen-bond donors (Lipinski definition) is 2. The third-order valence-corrected chi connectivity index (χ3v) is 4.00. The molecule has 1 fully saturated rings. The van der Waals surface area contributed by atoms with Crippen molar-refractivity contribution in [1.29, 1.82) is 0 Å². The van der Waals surface area contributed by atoms with Gasteiger partial charge in [-0.05, 0) is 18.8 Å². The van der Waals surface area contributed by atoms with Crippen LogP contribution in [-0.2, 0) is 9.53 Å². The van der Waals surface area contributed by atoms with Crippen molar-refractivity contribution in [2.75, 3.05) is 0 Å². The van der Waals surface area contributed by atoms with Gasteiger partial charge in [-0.3, -0.25) is 4.79 Å². The summed E-state index contributed by atoms with van der Waals surface area (Å²) in [6.45, 7) is 0.456. The van der Waals surface area contributed by atoms with Crippen molar-refractivity contribution >= 4 is 5.97 Å². The molecule has 2 aliphatic carbocycles. The first-order valence-electron chi connectivity index (χ1n) is 6.12. The molecule has 0 amide bonds. The van der Waals surface area contributed by atoms with E-state index in [4.69, 9.17) is 0 Å². The van der Waals surface area contributed by atoms with Gasteiger partial charge in [-0.15, -0.1) is 0 Å². The lowest BCUT2D eigenvalue weighted by molar-refractivity contribution is -0.442. The van der Waals surface area contributed by atoms with Crippen LogP contribution in [0.15, 0.2) is 12.2 Å². The molecule has 0 aromatic heterocycles. The molecule has 0 aromatic carbocycles. The van der Waals surface area contributed by atoms with E-state index in [0.29, 0.717) is 6.92 Å². The summed E-state index contributed by atoms with van der Waals surface area (Å²) in [6.07, 6.45) is -3.86. The topological polar surface area (TPSA) is 66.8 Å². The van der Waals surface area contributed by atoms with E-state index in [1.807, 2.05) is 0 Å². The molecule has 120 valence electrons. The summed E-state index contributed by atoms with van der Waals surface area (Å²) in [4.78, 5) is 10.7. The van der Waals surface area contributed by atoms with Gasteiger partial charge in [0.25, 0.3) is 0 Å². The number of alkyl halides is 5. The van der Waals surface area contributed by atoms with Gasteiger partial charge in [-0.25, -0.2) is 0 Å². The number of rotatable bonds is 3. The lowest BCUT2D eigenvalue weighted by atomic mass is 9.78. The fourth-order valence-electron chi connectivity index (χ4n) is 2.99. The third kappa shape index (κ3) is 2.05. The molecular weight excluding hydrogens is 303 g/mol. The number of fused-ring (bicyclic) bond motifs is 2. The minimum Gasteiger partial charge on any atom is -0.418 e. The van der Waals surface area contributed by atoms with Crippen molar-refractivity contribution in [2.24, 2.45) is 11.8 Å². The van der Waals surface area contributed by atoms with Gasteiger partial charge in [0.1, 0.15) is 5.60 Å². The zero-order valence-electron chi connectivity index (χ0n) is 10.8. The SMILES string of the molecule is CC(=O)OC(O)(C(F)(F)F)C(F)(F)C1(O)CC2C=CC1C2. The first kappa shape index (κ1) is 16.2. The van der Waals surface area contributed by atoms with Gasteiger partial charge in [0.05, 0.1) is 0 Å². The normalized spacial score (nSPS) is 34.9. The minimum absolute atomic E-state index is 0.0557. The standard InChI is InChI=1S/C12H13F5O4/c1-6(18)21-11(20,12(15,16)17)10(13,14)9(19)5-7-2-3-8(9)4-7/h2-3,7-8,19-20H,4-5H2,1H3. The number of halogens is 5. The molecule has 4 nitrogen and oxygen atoms in total. The Labute approximate surface area is 116 Å². The number of allylic oxidation sites excluding steroid dienone is 1. The maximum absolute atomic E-state index is 14.3. The molecular formula is C12H13F5O4. The molecule has 0 aromatic rings. The summed E-state index contributed by atoms with van der Waals surface area (Å²) < 4.78 is 70.9. The maximum Gasteiger partial charge on any atom is 0.462 e. The molecule has 9 heteroatoms. The lowest BCUT2D eigenvalue weighted by Crippen LogP contribution is -2.71. The number of hydrogen-bond acceptors (Lipinski definition) is 4. The van der Waals surface area contributed by atoms with Crippen LogP contribution in [0.5, 0.6) is 0 Å². The number of ether oxygens (including phenoxy) is 1. The average molecular weight is 316 g/mol. The van der Waals surface area contributed by atoms with Crippen molar-refractivity contribution in [3.05, 3.63) is 12.2 Å². The van der Waals surface area contributed by atoms with E-state index in [0.717, 1.165) is 0 Å². The zero-order valence-corrected chi connectivity index (χ0v) is 10.8. The van der Waals surface area contributed by atoms with Crippen molar-refractivity contribution in [2.45, 2.75) is 43.3 Å². The highest BCUT2D eigenvalue weighted by molar-refractivity contribution is 5.66. The highest BCUT2D eigenvalue weighted by atomic mass is 19.4. The smallest absolute Gasteiger partial charge is 0.418 e. The number of esters is 1. The predicted molar refractivity (Wildman–Crippen MR) is 58.0 cm³/mol. The van der Waals surface area contributed by atoms with E-state index in [9.17, 15) is 37.0 Å². The van der Waals surface area contributed by atoms with Crippen LogP contribution in [0, 0.1) is 11.8 Å². The van der Waals surface area contributed by atoms with Gasteiger partial charge in [-0.1, -0.05) is 12.2 Å². The first-order valence-corrected chi connectivity index (χ1v) is 6.12. The van der Waals surface area contributed by atoms with Crippen molar-refractivity contribution < 1.29 is 41.7 Å². The molecule has 2 rings (SSSR count). The second-order valence-corrected chi connectivity index (χ2v) is 5.43. The molecule has 21 heavy (non-hydrogen) atoms. The first-order chi connectivity index (χ1) is 9.35. The van der Waals surface area contributed by atoms with Gasteiger partial charge in [-0.2, -0.15) is 22.0 Å². The Hall–Kier alpha value is -1.22. The summed E-state index contributed by atoms with van der Waals surface area (Å²) in [7, 11) is 0. The van der Waals surface area contributed by atoms with Crippen LogP contribution in [0.2, 0.25) is 0 Å². The number of carbonyl (C=O) groups excluding carboxylic acids is 1. The fourth-order valence-corrected chi connectivity index (χ4v) is 2.99. The van der Waals surface area contributed by atoms with Crippen LogP contribution < -0.4 is 0 Å². The number of carbonyl (C=O) groups is 1. The Bertz CT molecular complexity index is 489. The Morgan fingerprint density at radius 1 is 1.29 bits per heavy atom. The van der Waals surface area contributed by atoms with Crippen molar-refractivity contribution in [1.82, 2.24) is 0 Å². The van der Waals surface area contributed by atoms with Crippen molar-refractivity contribution in [3.63, 3.8) is 0 Å². The summed E-state index contributed by atoms with van der Waals surface area (Å²) in [5.41, 5.74) is -3.13. The van der Waals surface area contributed by atoms with E-state index in [1.54, 1.807) is 0 Å². The summed E-state index contributed by atoms with van der Waals surface area (Å²) in [6, 6.07) is 0. The third-order valence-electron chi connectivity index (χ3n) is 4.00. The van der Waals surface area contributed by atoms with Crippen LogP contribution in [0.4, 0.5) is 22.0 Å². The van der Waals surface area contributed by atoms with Crippen molar-refractivity contribution in [3.8, 4) is 0 Å². The van der Waals surface area contributed by atoms with E-state index >= 15 is 0 Å². The summed E-state index contributed by atoms with van der Waals surface area (Å²) >= 11 is 0. The highest BCUT2D eigenvalue weighted by Crippen LogP contribution is 2.58. The molecule has 0 aliphatic heterocycles. The van der Waals surface area contributed by atoms with E-state index in [-0.39, 0.29) is 6.42 Å². The van der Waals surface area contributed by atoms with Gasteiger partial charge < -0.3 is 14.9 Å². The fraction of sp³-hybridized carbons (Fsp3) is 0.750. The monoisotopic (exact) mass is 316 g/mol. The molecule has 2 bridgehead atoms. The second-order valence-electron chi connectivity index (χ2n) is 5.43. The molecule has 0 saturated heterocycles. The predicted octanol–water partition coefficient (Wildman–Crippen LogP) is 1.76. The van der Waals surface area contributed by atoms with Crippen LogP contribution in [-0.4, -0.2) is 39.7 Å². The lowest BCUT2D eigenvalue weighted by Gasteiger charge is -2.45. The molecule has 0 radical (unpaired) electrons. The van der Waals surface area contributed by atoms with Gasteiger partial charge in [0.15, 0.2) is 0 Å². The van der Waals surface area contributed by atoms with E-state index < -0.39 is 47.7 Å². The second kappa shape index (κ2) is 4.39. The summed E-state index contributed by atoms with van der Waals surface area (Å²) in [5.74, 6) is -13.7. The molecule has 1 saturated carbocycles.